The van der Waals surface area contributed by atoms with Gasteiger partial charge in [0.2, 0.25) is 0 Å². The smallest absolute Gasteiger partial charge is 0.282 e. The summed E-state index contributed by atoms with van der Waals surface area (Å²) in [7, 11) is 3.24. The van der Waals surface area contributed by atoms with Crippen LogP contribution in [0.25, 0.3) is 22.3 Å². The highest BCUT2D eigenvalue weighted by Crippen LogP contribution is 2.42. The van der Waals surface area contributed by atoms with Crippen molar-refractivity contribution in [1.82, 2.24) is 9.66 Å². The van der Waals surface area contributed by atoms with Crippen LogP contribution in [0, 0.1) is 6.92 Å². The molecule has 0 aliphatic heterocycles. The maximum Gasteiger partial charge on any atom is 0.282 e. The molecule has 9 heteroatoms. The minimum atomic E-state index is -0.267. The Bertz CT molecular complexity index is 1600. The molecule has 0 aliphatic rings. The molecule has 1 aromatic heterocycles. The van der Waals surface area contributed by atoms with E-state index < -0.39 is 0 Å². The molecule has 0 atom stereocenters. The van der Waals surface area contributed by atoms with Crippen molar-refractivity contribution in [2.45, 2.75) is 33.6 Å². The minimum Gasteiger partial charge on any atom is -0.496 e. The highest BCUT2D eigenvalue weighted by Gasteiger charge is 2.19. The lowest BCUT2D eigenvalue weighted by Gasteiger charge is -2.17. The largest absolute Gasteiger partial charge is 0.496 e. The van der Waals surface area contributed by atoms with Gasteiger partial charge in [0, 0.05) is 15.6 Å². The zero-order valence-electron chi connectivity index (χ0n) is 22.1. The Labute approximate surface area is 238 Å². The van der Waals surface area contributed by atoms with E-state index in [2.05, 4.69) is 50.8 Å². The number of nitrogens with zero attached hydrogens (tertiary/aromatic N) is 3. The van der Waals surface area contributed by atoms with E-state index in [1.54, 1.807) is 26.5 Å². The summed E-state index contributed by atoms with van der Waals surface area (Å²) in [6.45, 7) is 8.55. The van der Waals surface area contributed by atoms with Crippen molar-refractivity contribution in [3.8, 4) is 28.6 Å². The van der Waals surface area contributed by atoms with Crippen LogP contribution in [0.5, 0.6) is 17.2 Å². The lowest BCUT2D eigenvalue weighted by molar-refractivity contribution is 0.309. The number of halogens is 2. The summed E-state index contributed by atoms with van der Waals surface area (Å²) in [5, 5.41) is 5.14. The summed E-state index contributed by atoms with van der Waals surface area (Å²) < 4.78 is 19.7. The number of hydrogen-bond donors (Lipinski definition) is 0. The molecule has 0 amide bonds. The van der Waals surface area contributed by atoms with Crippen LogP contribution in [-0.4, -0.2) is 36.7 Å². The lowest BCUT2D eigenvalue weighted by Crippen LogP contribution is -2.21. The fourth-order valence-corrected chi connectivity index (χ4v) is 5.23. The van der Waals surface area contributed by atoms with Gasteiger partial charge >= 0.3 is 0 Å². The maximum absolute atomic E-state index is 13.7. The molecule has 0 saturated carbocycles. The van der Waals surface area contributed by atoms with Gasteiger partial charge in [-0.1, -0.05) is 26.0 Å². The van der Waals surface area contributed by atoms with Gasteiger partial charge in [0.05, 0.1) is 42.4 Å². The van der Waals surface area contributed by atoms with E-state index in [4.69, 9.17) is 19.2 Å². The molecule has 198 valence electrons. The van der Waals surface area contributed by atoms with E-state index in [0.29, 0.717) is 49.3 Å². The zero-order valence-corrected chi connectivity index (χ0v) is 25.3. The van der Waals surface area contributed by atoms with Gasteiger partial charge in [-0.25, -0.2) is 4.98 Å². The topological polar surface area (TPSA) is 74.9 Å². The molecule has 1 heterocycles. The first-order chi connectivity index (χ1) is 18.2. The third-order valence-electron chi connectivity index (χ3n) is 6.17. The molecular weight excluding hydrogens is 614 g/mol. The molecule has 3 aromatic carbocycles. The second-order valence-corrected chi connectivity index (χ2v) is 10.5. The Kier molecular flexibility index (Phi) is 8.57. The molecule has 0 unspecified atom stereocenters. The monoisotopic (exact) mass is 641 g/mol. The molecule has 0 bridgehead atoms. The molecule has 38 heavy (non-hydrogen) atoms. The summed E-state index contributed by atoms with van der Waals surface area (Å²) in [6.07, 6.45) is 1.61. The van der Waals surface area contributed by atoms with Crippen molar-refractivity contribution in [3.63, 3.8) is 0 Å². The highest BCUT2D eigenvalue weighted by atomic mass is 79.9. The van der Waals surface area contributed by atoms with Crippen LogP contribution in [-0.2, 0) is 0 Å². The van der Waals surface area contributed by atoms with Crippen molar-refractivity contribution < 1.29 is 14.2 Å². The minimum absolute atomic E-state index is 0.207. The van der Waals surface area contributed by atoms with Crippen LogP contribution in [0.4, 0.5) is 0 Å². The van der Waals surface area contributed by atoms with Crippen LogP contribution in [0.1, 0.15) is 43.4 Å². The number of para-hydroxylation sites is 1. The standard InChI is InChI=1S/C29H29Br2N3O4/c1-7-38-24-13-18(25(30)26(31)27(24)37-6)15-32-34-28(33-22-11-9-8-10-19(22)29(34)35)21-14-20(16(2)3)23(36-5)12-17(21)4/h8-16H,7H2,1-6H3. The lowest BCUT2D eigenvalue weighted by atomic mass is 9.96. The van der Waals surface area contributed by atoms with Crippen molar-refractivity contribution in [1.29, 1.82) is 0 Å². The number of hydrogen-bond acceptors (Lipinski definition) is 6. The van der Waals surface area contributed by atoms with Gasteiger partial charge in [-0.2, -0.15) is 9.78 Å². The SMILES string of the molecule is CCOc1cc(C=Nn2c(-c3cc(C(C)C)c(OC)cc3C)nc3ccccc3c2=O)c(Br)c(Br)c1OC. The van der Waals surface area contributed by atoms with E-state index in [1.165, 1.54) is 4.68 Å². The summed E-state index contributed by atoms with van der Waals surface area (Å²) in [5.74, 6) is 2.58. The summed E-state index contributed by atoms with van der Waals surface area (Å²) in [4.78, 5) is 18.6. The summed E-state index contributed by atoms with van der Waals surface area (Å²) >= 11 is 7.19. The number of aromatic nitrogens is 2. The molecule has 4 aromatic rings. The van der Waals surface area contributed by atoms with Crippen molar-refractivity contribution in [3.05, 3.63) is 78.5 Å². The molecule has 4 rings (SSSR count). The fourth-order valence-electron chi connectivity index (χ4n) is 4.24. The zero-order chi connectivity index (χ0) is 27.6. The van der Waals surface area contributed by atoms with Crippen LogP contribution in [0.2, 0.25) is 0 Å². The molecule has 0 radical (unpaired) electrons. The predicted octanol–water partition coefficient (Wildman–Crippen LogP) is 7.32. The number of ether oxygens (including phenoxy) is 3. The first kappa shape index (κ1) is 27.9. The number of methoxy groups -OCH3 is 2. The number of rotatable bonds is 8. The third-order valence-corrected chi connectivity index (χ3v) is 8.31. The first-order valence-electron chi connectivity index (χ1n) is 12.2. The molecular formula is C29H29Br2N3O4. The molecule has 0 aliphatic carbocycles. The van der Waals surface area contributed by atoms with Gasteiger partial charge in [-0.3, -0.25) is 4.79 Å². The Hall–Kier alpha value is -3.17. The Morgan fingerprint density at radius 1 is 1.05 bits per heavy atom. The van der Waals surface area contributed by atoms with Gasteiger partial charge in [-0.05, 0) is 93.1 Å². The van der Waals surface area contributed by atoms with E-state index in [9.17, 15) is 4.79 Å². The Morgan fingerprint density at radius 3 is 2.45 bits per heavy atom. The predicted molar refractivity (Wildman–Crippen MR) is 159 cm³/mol. The average Bonchev–Trinajstić information content (AvgIpc) is 2.90. The van der Waals surface area contributed by atoms with Gasteiger partial charge in [0.15, 0.2) is 17.3 Å². The van der Waals surface area contributed by atoms with E-state index in [1.807, 2.05) is 50.2 Å². The Balaban J connectivity index is 1.99. The number of benzene rings is 3. The molecule has 0 spiro atoms. The molecule has 0 saturated heterocycles. The second-order valence-electron chi connectivity index (χ2n) is 8.94. The normalized spacial score (nSPS) is 11.5. The average molecular weight is 643 g/mol. The van der Waals surface area contributed by atoms with E-state index in [0.717, 1.165) is 22.4 Å². The van der Waals surface area contributed by atoms with E-state index >= 15 is 0 Å². The highest BCUT2D eigenvalue weighted by molar-refractivity contribution is 9.13. The van der Waals surface area contributed by atoms with Crippen molar-refractivity contribution in [2.75, 3.05) is 20.8 Å². The summed E-state index contributed by atoms with van der Waals surface area (Å²) in [6, 6.07) is 13.1. The molecule has 0 fully saturated rings. The van der Waals surface area contributed by atoms with Gasteiger partial charge < -0.3 is 14.2 Å². The quantitative estimate of drug-likeness (QED) is 0.188. The van der Waals surface area contributed by atoms with Crippen molar-refractivity contribution in [2.24, 2.45) is 5.10 Å². The second kappa shape index (κ2) is 11.7. The maximum atomic E-state index is 13.7. The van der Waals surface area contributed by atoms with Gasteiger partial charge in [0.1, 0.15) is 5.75 Å². The van der Waals surface area contributed by atoms with Gasteiger partial charge in [-0.15, -0.1) is 0 Å². The summed E-state index contributed by atoms with van der Waals surface area (Å²) in [5.41, 5.74) is 3.78. The van der Waals surface area contributed by atoms with Crippen LogP contribution >= 0.6 is 31.9 Å². The fraction of sp³-hybridized carbons (Fsp3) is 0.276. The first-order valence-corrected chi connectivity index (χ1v) is 13.7. The van der Waals surface area contributed by atoms with Crippen LogP contribution in [0.3, 0.4) is 0 Å². The van der Waals surface area contributed by atoms with Gasteiger partial charge in [0.25, 0.3) is 5.56 Å². The third kappa shape index (κ3) is 5.22. The van der Waals surface area contributed by atoms with Crippen molar-refractivity contribution >= 4 is 49.0 Å². The van der Waals surface area contributed by atoms with E-state index in [-0.39, 0.29) is 11.5 Å². The van der Waals surface area contributed by atoms with Crippen LogP contribution in [0.15, 0.2) is 61.3 Å². The number of fused-ring (bicyclic) bond motifs is 1. The molecule has 0 N–H and O–H groups in total. The number of aryl methyl sites for hydroxylation is 1. The Morgan fingerprint density at radius 2 is 1.79 bits per heavy atom. The van der Waals surface area contributed by atoms with Crippen LogP contribution < -0.4 is 19.8 Å². The molecule has 7 nitrogen and oxygen atoms in total.